The SMILES string of the molecule is CC1CN(C(=O)c2cccc(=O)[nH]2)CCO1. The summed E-state index contributed by atoms with van der Waals surface area (Å²) in [5.41, 5.74) is 0.0776. The van der Waals surface area contributed by atoms with E-state index in [1.165, 1.54) is 6.07 Å². The summed E-state index contributed by atoms with van der Waals surface area (Å²) in [7, 11) is 0. The van der Waals surface area contributed by atoms with Gasteiger partial charge in [0.2, 0.25) is 5.56 Å². The molecule has 0 bridgehead atoms. The van der Waals surface area contributed by atoms with Crippen LogP contribution in [0.4, 0.5) is 0 Å². The number of aromatic amines is 1. The molecule has 0 aromatic carbocycles. The Morgan fingerprint density at radius 3 is 3.06 bits per heavy atom. The minimum absolute atomic E-state index is 0.0492. The zero-order chi connectivity index (χ0) is 11.5. The largest absolute Gasteiger partial charge is 0.375 e. The molecule has 1 aliphatic rings. The number of ether oxygens (including phenoxy) is 1. The maximum atomic E-state index is 12.0. The number of nitrogens with zero attached hydrogens (tertiary/aromatic N) is 1. The van der Waals surface area contributed by atoms with Gasteiger partial charge >= 0.3 is 0 Å². The molecule has 2 rings (SSSR count). The molecule has 0 saturated carbocycles. The summed E-state index contributed by atoms with van der Waals surface area (Å²) in [4.78, 5) is 27.3. The van der Waals surface area contributed by atoms with Crippen molar-refractivity contribution in [3.63, 3.8) is 0 Å². The Bertz CT molecular complexity index is 441. The Hall–Kier alpha value is -1.62. The van der Waals surface area contributed by atoms with Crippen LogP contribution in [-0.2, 0) is 4.74 Å². The summed E-state index contributed by atoms with van der Waals surface area (Å²) in [6, 6.07) is 4.58. The Kier molecular flexibility index (Phi) is 3.05. The molecule has 1 unspecified atom stereocenters. The second-order valence-corrected chi connectivity index (χ2v) is 3.86. The van der Waals surface area contributed by atoms with Crippen molar-refractivity contribution in [1.29, 1.82) is 0 Å². The van der Waals surface area contributed by atoms with E-state index < -0.39 is 0 Å². The van der Waals surface area contributed by atoms with Gasteiger partial charge in [-0.25, -0.2) is 0 Å². The molecule has 1 aromatic rings. The van der Waals surface area contributed by atoms with Crippen LogP contribution in [0.25, 0.3) is 0 Å². The molecule has 2 heterocycles. The third-order valence-electron chi connectivity index (χ3n) is 2.53. The highest BCUT2D eigenvalue weighted by atomic mass is 16.5. The zero-order valence-electron chi connectivity index (χ0n) is 9.10. The minimum atomic E-state index is -0.257. The zero-order valence-corrected chi connectivity index (χ0v) is 9.10. The maximum absolute atomic E-state index is 12.0. The Morgan fingerprint density at radius 2 is 2.38 bits per heavy atom. The Balaban J connectivity index is 2.15. The van der Waals surface area contributed by atoms with Crippen LogP contribution in [0.3, 0.4) is 0 Å². The van der Waals surface area contributed by atoms with Crippen molar-refractivity contribution in [3.05, 3.63) is 34.2 Å². The smallest absolute Gasteiger partial charge is 0.270 e. The lowest BCUT2D eigenvalue weighted by atomic mass is 10.2. The van der Waals surface area contributed by atoms with Gasteiger partial charge in [0.25, 0.3) is 5.91 Å². The number of carbonyl (C=O) groups is 1. The van der Waals surface area contributed by atoms with Crippen molar-refractivity contribution in [2.75, 3.05) is 19.7 Å². The van der Waals surface area contributed by atoms with Crippen molar-refractivity contribution < 1.29 is 9.53 Å². The molecule has 86 valence electrons. The second-order valence-electron chi connectivity index (χ2n) is 3.86. The molecule has 5 nitrogen and oxygen atoms in total. The van der Waals surface area contributed by atoms with E-state index in [1.54, 1.807) is 17.0 Å². The number of hydrogen-bond acceptors (Lipinski definition) is 3. The molecule has 0 aliphatic carbocycles. The predicted molar refractivity (Wildman–Crippen MR) is 58.4 cm³/mol. The summed E-state index contributed by atoms with van der Waals surface area (Å²) in [5, 5.41) is 0. The lowest BCUT2D eigenvalue weighted by Gasteiger charge is -2.30. The minimum Gasteiger partial charge on any atom is -0.375 e. The molecular formula is C11H14N2O3. The van der Waals surface area contributed by atoms with Crippen molar-refractivity contribution in [1.82, 2.24) is 9.88 Å². The van der Waals surface area contributed by atoms with Crippen LogP contribution in [0, 0.1) is 0 Å². The number of morpholine rings is 1. The number of pyridine rings is 1. The van der Waals surface area contributed by atoms with Crippen molar-refractivity contribution in [3.8, 4) is 0 Å². The maximum Gasteiger partial charge on any atom is 0.270 e. The summed E-state index contributed by atoms with van der Waals surface area (Å²) < 4.78 is 5.35. The van der Waals surface area contributed by atoms with Crippen LogP contribution < -0.4 is 5.56 Å². The molecule has 0 spiro atoms. The van der Waals surface area contributed by atoms with Crippen LogP contribution >= 0.6 is 0 Å². The molecule has 1 N–H and O–H groups in total. The van der Waals surface area contributed by atoms with E-state index in [4.69, 9.17) is 4.74 Å². The van der Waals surface area contributed by atoms with Crippen molar-refractivity contribution in [2.24, 2.45) is 0 Å². The van der Waals surface area contributed by atoms with E-state index in [0.29, 0.717) is 25.4 Å². The van der Waals surface area contributed by atoms with Gasteiger partial charge in [0.15, 0.2) is 0 Å². The molecule has 1 aromatic heterocycles. The number of amides is 1. The van der Waals surface area contributed by atoms with E-state index in [9.17, 15) is 9.59 Å². The van der Waals surface area contributed by atoms with Gasteiger partial charge < -0.3 is 14.6 Å². The average Bonchev–Trinajstić information content (AvgIpc) is 2.28. The van der Waals surface area contributed by atoms with Gasteiger partial charge in [0, 0.05) is 19.2 Å². The highest BCUT2D eigenvalue weighted by Gasteiger charge is 2.22. The first-order valence-corrected chi connectivity index (χ1v) is 5.27. The number of hydrogen-bond donors (Lipinski definition) is 1. The van der Waals surface area contributed by atoms with Gasteiger partial charge in [-0.1, -0.05) is 6.07 Å². The first kappa shape index (κ1) is 10.9. The molecule has 1 amide bonds. The monoisotopic (exact) mass is 222 g/mol. The molecule has 1 saturated heterocycles. The number of aromatic nitrogens is 1. The lowest BCUT2D eigenvalue weighted by Crippen LogP contribution is -2.45. The number of nitrogens with one attached hydrogen (secondary N) is 1. The van der Waals surface area contributed by atoms with Gasteiger partial charge in [-0.2, -0.15) is 0 Å². The number of H-pyrrole nitrogens is 1. The van der Waals surface area contributed by atoms with Gasteiger partial charge in [-0.05, 0) is 13.0 Å². The van der Waals surface area contributed by atoms with E-state index in [1.807, 2.05) is 6.92 Å². The quantitative estimate of drug-likeness (QED) is 0.740. The number of rotatable bonds is 1. The topological polar surface area (TPSA) is 62.4 Å². The fraction of sp³-hybridized carbons (Fsp3) is 0.455. The summed E-state index contributed by atoms with van der Waals surface area (Å²) >= 11 is 0. The fourth-order valence-corrected chi connectivity index (χ4v) is 1.75. The van der Waals surface area contributed by atoms with Crippen LogP contribution in [0.2, 0.25) is 0 Å². The normalized spacial score (nSPS) is 20.8. The van der Waals surface area contributed by atoms with E-state index in [2.05, 4.69) is 4.98 Å². The molecule has 16 heavy (non-hydrogen) atoms. The first-order chi connectivity index (χ1) is 7.66. The molecular weight excluding hydrogens is 208 g/mol. The van der Waals surface area contributed by atoms with E-state index in [-0.39, 0.29) is 17.6 Å². The average molecular weight is 222 g/mol. The molecule has 1 fully saturated rings. The predicted octanol–water partition coefficient (Wildman–Crippen LogP) is 0.236. The fourth-order valence-electron chi connectivity index (χ4n) is 1.75. The second kappa shape index (κ2) is 4.49. The molecule has 5 heteroatoms. The summed E-state index contributed by atoms with van der Waals surface area (Å²) in [5.74, 6) is -0.146. The highest BCUT2D eigenvalue weighted by Crippen LogP contribution is 2.07. The van der Waals surface area contributed by atoms with Gasteiger partial charge in [0.1, 0.15) is 5.69 Å². The summed E-state index contributed by atoms with van der Waals surface area (Å²) in [6.07, 6.45) is 0.0492. The van der Waals surface area contributed by atoms with E-state index >= 15 is 0 Å². The molecule has 1 atom stereocenters. The van der Waals surface area contributed by atoms with Crippen molar-refractivity contribution >= 4 is 5.91 Å². The van der Waals surface area contributed by atoms with Crippen molar-refractivity contribution in [2.45, 2.75) is 13.0 Å². The highest BCUT2D eigenvalue weighted by molar-refractivity contribution is 5.92. The Labute approximate surface area is 93.0 Å². The van der Waals surface area contributed by atoms with E-state index in [0.717, 1.165) is 0 Å². The third kappa shape index (κ3) is 2.30. The van der Waals surface area contributed by atoms with Crippen LogP contribution in [-0.4, -0.2) is 41.6 Å². The molecule has 1 aliphatic heterocycles. The van der Waals surface area contributed by atoms with Gasteiger partial charge in [-0.3, -0.25) is 9.59 Å². The molecule has 0 radical (unpaired) electrons. The Morgan fingerprint density at radius 1 is 1.56 bits per heavy atom. The van der Waals surface area contributed by atoms with Crippen LogP contribution in [0.1, 0.15) is 17.4 Å². The van der Waals surface area contributed by atoms with Crippen LogP contribution in [0.15, 0.2) is 23.0 Å². The first-order valence-electron chi connectivity index (χ1n) is 5.27. The summed E-state index contributed by atoms with van der Waals surface area (Å²) in [6.45, 7) is 3.60. The standard InChI is InChI=1S/C11H14N2O3/c1-8-7-13(5-6-16-8)11(15)9-3-2-4-10(14)12-9/h2-4,8H,5-7H2,1H3,(H,12,14). The van der Waals surface area contributed by atoms with Crippen LogP contribution in [0.5, 0.6) is 0 Å². The lowest BCUT2D eigenvalue weighted by molar-refractivity contribution is -0.0126. The number of carbonyl (C=O) groups excluding carboxylic acids is 1. The third-order valence-corrected chi connectivity index (χ3v) is 2.53. The van der Waals surface area contributed by atoms with Gasteiger partial charge in [-0.15, -0.1) is 0 Å². The van der Waals surface area contributed by atoms with Gasteiger partial charge in [0.05, 0.1) is 12.7 Å².